The Balaban J connectivity index is 2.05. The van der Waals surface area contributed by atoms with Crippen LogP contribution in [0.15, 0.2) is 24.3 Å². The number of anilines is 1. The molecule has 1 aromatic carbocycles. The third-order valence-electron chi connectivity index (χ3n) is 4.73. The molecule has 4 N–H and O–H groups in total. The van der Waals surface area contributed by atoms with Crippen LogP contribution in [0.5, 0.6) is 0 Å². The third kappa shape index (κ3) is 3.76. The predicted molar refractivity (Wildman–Crippen MR) is 84.9 cm³/mol. The van der Waals surface area contributed by atoms with Gasteiger partial charge in [-0.15, -0.1) is 0 Å². The lowest BCUT2D eigenvalue weighted by atomic mass is 9.77. The lowest BCUT2D eigenvalue weighted by Crippen LogP contribution is -2.54. The van der Waals surface area contributed by atoms with Crippen molar-refractivity contribution >= 4 is 11.6 Å². The summed E-state index contributed by atoms with van der Waals surface area (Å²) in [5.41, 5.74) is 6.90. The Kier molecular flexibility index (Phi) is 4.88. The largest absolute Gasteiger partial charge is 0.399 e. The molecule has 0 spiro atoms. The number of hydrogen-bond acceptors (Lipinski definition) is 3. The van der Waals surface area contributed by atoms with Gasteiger partial charge in [0, 0.05) is 5.69 Å². The maximum Gasteiger partial charge on any atom is 0.227 e. The molecule has 0 saturated heterocycles. The van der Waals surface area contributed by atoms with E-state index < -0.39 is 5.54 Å². The van der Waals surface area contributed by atoms with E-state index in [0.717, 1.165) is 31.2 Å². The van der Waals surface area contributed by atoms with Crippen LogP contribution in [0, 0.1) is 5.92 Å². The Morgan fingerprint density at radius 1 is 1.48 bits per heavy atom. The van der Waals surface area contributed by atoms with Crippen molar-refractivity contribution in [1.82, 2.24) is 5.32 Å². The molecule has 4 heteroatoms. The fourth-order valence-corrected chi connectivity index (χ4v) is 2.99. The van der Waals surface area contributed by atoms with E-state index in [2.05, 4.69) is 12.2 Å². The highest BCUT2D eigenvalue weighted by Crippen LogP contribution is 2.32. The number of nitrogen functional groups attached to an aromatic ring is 1. The first kappa shape index (κ1) is 15.8. The third-order valence-corrected chi connectivity index (χ3v) is 4.73. The van der Waals surface area contributed by atoms with E-state index in [0.29, 0.717) is 11.6 Å². The minimum Gasteiger partial charge on any atom is -0.399 e. The number of carbonyl (C=O) groups excluding carboxylic acids is 1. The zero-order chi connectivity index (χ0) is 15.5. The van der Waals surface area contributed by atoms with Gasteiger partial charge in [0.25, 0.3) is 0 Å². The highest BCUT2D eigenvalue weighted by atomic mass is 16.3. The van der Waals surface area contributed by atoms with Crippen LogP contribution in [0.3, 0.4) is 0 Å². The van der Waals surface area contributed by atoms with E-state index >= 15 is 0 Å². The Morgan fingerprint density at radius 2 is 2.14 bits per heavy atom. The molecule has 1 saturated carbocycles. The van der Waals surface area contributed by atoms with Crippen molar-refractivity contribution in [3.63, 3.8) is 0 Å². The van der Waals surface area contributed by atoms with Crippen molar-refractivity contribution in [2.45, 2.75) is 51.0 Å². The van der Waals surface area contributed by atoms with Crippen LogP contribution in [-0.4, -0.2) is 23.2 Å². The number of aliphatic hydroxyl groups excluding tert-OH is 1. The first-order chi connectivity index (χ1) is 9.96. The summed E-state index contributed by atoms with van der Waals surface area (Å²) >= 11 is 0. The van der Waals surface area contributed by atoms with Crippen molar-refractivity contribution in [1.29, 1.82) is 0 Å². The Hall–Kier alpha value is -1.55. The highest BCUT2D eigenvalue weighted by Gasteiger charge is 2.36. The fourth-order valence-electron chi connectivity index (χ4n) is 2.99. The summed E-state index contributed by atoms with van der Waals surface area (Å²) in [6.07, 6.45) is 3.79. The minimum absolute atomic E-state index is 0.00904. The molecule has 4 nitrogen and oxygen atoms in total. The van der Waals surface area contributed by atoms with E-state index in [4.69, 9.17) is 5.73 Å². The van der Waals surface area contributed by atoms with E-state index in [9.17, 15) is 9.90 Å². The Labute approximate surface area is 126 Å². The van der Waals surface area contributed by atoms with Gasteiger partial charge in [0.05, 0.1) is 18.1 Å². The van der Waals surface area contributed by atoms with Crippen LogP contribution >= 0.6 is 0 Å². The molecule has 1 atom stereocenters. The first-order valence-electron chi connectivity index (χ1n) is 7.74. The molecule has 1 fully saturated rings. The number of amides is 1. The van der Waals surface area contributed by atoms with Crippen LogP contribution in [0.2, 0.25) is 0 Å². The molecule has 1 aromatic rings. The number of aliphatic hydroxyl groups is 1. The number of benzene rings is 1. The van der Waals surface area contributed by atoms with Gasteiger partial charge in [0.2, 0.25) is 5.91 Å². The lowest BCUT2D eigenvalue weighted by Gasteiger charge is -2.39. The molecule has 0 heterocycles. The summed E-state index contributed by atoms with van der Waals surface area (Å²) in [5.74, 6) is 0.369. The van der Waals surface area contributed by atoms with Gasteiger partial charge in [-0.2, -0.15) is 0 Å². The second-order valence-electron chi connectivity index (χ2n) is 6.50. The van der Waals surface area contributed by atoms with Gasteiger partial charge in [-0.05, 0) is 56.2 Å². The van der Waals surface area contributed by atoms with Crippen LogP contribution in [0.1, 0.15) is 51.0 Å². The normalized spacial score (nSPS) is 27.1. The van der Waals surface area contributed by atoms with Gasteiger partial charge in [-0.1, -0.05) is 19.1 Å². The standard InChI is InChI=1S/C17H26N2O2/c1-12-6-8-17(11-20,9-7-12)19-16(21)13(2)14-4-3-5-15(18)10-14/h3-5,10,12-13,20H,6-9,11,18H2,1-2H3,(H,19,21). The molecule has 0 aliphatic heterocycles. The minimum atomic E-state index is -0.446. The number of nitrogens with one attached hydrogen (secondary N) is 1. The first-order valence-corrected chi connectivity index (χ1v) is 7.74. The second kappa shape index (κ2) is 6.48. The van der Waals surface area contributed by atoms with Crippen LogP contribution < -0.4 is 11.1 Å². The Bertz CT molecular complexity index is 493. The maximum atomic E-state index is 12.5. The van der Waals surface area contributed by atoms with Crippen LogP contribution in [0.25, 0.3) is 0 Å². The average Bonchev–Trinajstić information content (AvgIpc) is 2.49. The summed E-state index contributed by atoms with van der Waals surface area (Å²) in [5, 5.41) is 12.8. The van der Waals surface area contributed by atoms with Gasteiger partial charge in [0.1, 0.15) is 0 Å². The molecule has 1 unspecified atom stereocenters. The molecule has 0 bridgehead atoms. The quantitative estimate of drug-likeness (QED) is 0.745. The fraction of sp³-hybridized carbons (Fsp3) is 0.588. The predicted octanol–water partition coefficient (Wildman–Crippen LogP) is 2.43. The summed E-state index contributed by atoms with van der Waals surface area (Å²) in [6.45, 7) is 4.11. The van der Waals surface area contributed by atoms with E-state index in [1.807, 2.05) is 31.2 Å². The molecule has 116 valence electrons. The number of hydrogen-bond donors (Lipinski definition) is 3. The van der Waals surface area contributed by atoms with Gasteiger partial charge in [-0.25, -0.2) is 0 Å². The Morgan fingerprint density at radius 3 is 2.71 bits per heavy atom. The summed E-state index contributed by atoms with van der Waals surface area (Å²) in [6, 6.07) is 7.42. The van der Waals surface area contributed by atoms with Crippen molar-refractivity contribution in [3.05, 3.63) is 29.8 Å². The number of rotatable bonds is 4. The average molecular weight is 290 g/mol. The van der Waals surface area contributed by atoms with Crippen molar-refractivity contribution in [2.24, 2.45) is 5.92 Å². The summed E-state index contributed by atoms with van der Waals surface area (Å²) in [7, 11) is 0. The van der Waals surface area contributed by atoms with E-state index in [1.54, 1.807) is 0 Å². The number of nitrogens with two attached hydrogens (primary N) is 1. The topological polar surface area (TPSA) is 75.3 Å². The zero-order valence-electron chi connectivity index (χ0n) is 12.9. The van der Waals surface area contributed by atoms with Gasteiger partial charge < -0.3 is 16.2 Å². The van der Waals surface area contributed by atoms with Crippen molar-refractivity contribution in [3.8, 4) is 0 Å². The monoisotopic (exact) mass is 290 g/mol. The lowest BCUT2D eigenvalue weighted by molar-refractivity contribution is -0.125. The molecule has 0 aromatic heterocycles. The van der Waals surface area contributed by atoms with Crippen LogP contribution in [0.4, 0.5) is 5.69 Å². The van der Waals surface area contributed by atoms with Crippen molar-refractivity contribution in [2.75, 3.05) is 12.3 Å². The number of carbonyl (C=O) groups is 1. The van der Waals surface area contributed by atoms with Crippen LogP contribution in [-0.2, 0) is 4.79 Å². The smallest absolute Gasteiger partial charge is 0.227 e. The molecule has 0 radical (unpaired) electrons. The molecule has 1 aliphatic rings. The van der Waals surface area contributed by atoms with Crippen molar-refractivity contribution < 1.29 is 9.90 Å². The SMILES string of the molecule is CC1CCC(CO)(NC(=O)C(C)c2cccc(N)c2)CC1. The van der Waals surface area contributed by atoms with Gasteiger partial charge in [0.15, 0.2) is 0 Å². The van der Waals surface area contributed by atoms with E-state index in [1.165, 1.54) is 0 Å². The van der Waals surface area contributed by atoms with E-state index in [-0.39, 0.29) is 18.4 Å². The summed E-state index contributed by atoms with van der Waals surface area (Å²) in [4.78, 5) is 12.5. The second-order valence-corrected chi connectivity index (χ2v) is 6.50. The molecule has 2 rings (SSSR count). The van der Waals surface area contributed by atoms with Gasteiger partial charge in [-0.3, -0.25) is 4.79 Å². The van der Waals surface area contributed by atoms with Gasteiger partial charge >= 0.3 is 0 Å². The molecular formula is C17H26N2O2. The molecule has 1 amide bonds. The highest BCUT2D eigenvalue weighted by molar-refractivity contribution is 5.84. The molecular weight excluding hydrogens is 264 g/mol. The molecule has 1 aliphatic carbocycles. The zero-order valence-corrected chi connectivity index (χ0v) is 12.9. The maximum absolute atomic E-state index is 12.5. The molecule has 21 heavy (non-hydrogen) atoms. The summed E-state index contributed by atoms with van der Waals surface area (Å²) < 4.78 is 0.